The summed E-state index contributed by atoms with van der Waals surface area (Å²) in [5.74, 6) is 0.839. The molecule has 3 aromatic rings. The van der Waals surface area contributed by atoms with Gasteiger partial charge in [0.25, 0.3) is 0 Å². The first kappa shape index (κ1) is 14.1. The smallest absolute Gasteiger partial charge is 0.121 e. The summed E-state index contributed by atoms with van der Waals surface area (Å²) in [5, 5.41) is 4.92. The highest BCUT2D eigenvalue weighted by Gasteiger charge is 2.44. The number of methoxy groups -OCH3 is 1. The largest absolute Gasteiger partial charge is 0.497 e. The second-order valence-corrected chi connectivity index (χ2v) is 6.27. The molecule has 0 amide bonds. The maximum absolute atomic E-state index is 5.32. The highest BCUT2D eigenvalue weighted by molar-refractivity contribution is 5.92. The van der Waals surface area contributed by atoms with Crippen LogP contribution in [-0.2, 0) is 5.54 Å². The lowest BCUT2D eigenvalue weighted by molar-refractivity contribution is 0.415. The van der Waals surface area contributed by atoms with E-state index < -0.39 is 0 Å². The van der Waals surface area contributed by atoms with Gasteiger partial charge in [0.05, 0.1) is 18.2 Å². The standard InChI is InChI=1S/C20H20N2O/c1-14-12-19(17-9-8-16(23-2)13-18(17)21-14)22-20(10-11-20)15-6-4-3-5-7-15/h3-9,12-13H,10-11H2,1-2H3,(H,21,22). The van der Waals surface area contributed by atoms with Gasteiger partial charge in [-0.1, -0.05) is 30.3 Å². The summed E-state index contributed by atoms with van der Waals surface area (Å²) in [4.78, 5) is 4.65. The Morgan fingerprint density at radius 2 is 1.83 bits per heavy atom. The number of ether oxygens (including phenoxy) is 1. The Kier molecular flexibility index (Phi) is 3.22. The fraction of sp³-hybridized carbons (Fsp3) is 0.250. The van der Waals surface area contributed by atoms with Crippen molar-refractivity contribution in [2.24, 2.45) is 0 Å². The van der Waals surface area contributed by atoms with Crippen molar-refractivity contribution in [1.82, 2.24) is 4.98 Å². The summed E-state index contributed by atoms with van der Waals surface area (Å²) < 4.78 is 5.32. The lowest BCUT2D eigenvalue weighted by atomic mass is 10.0. The van der Waals surface area contributed by atoms with E-state index in [0.717, 1.165) is 40.9 Å². The molecule has 1 heterocycles. The molecular weight excluding hydrogens is 284 g/mol. The molecule has 0 spiro atoms. The number of hydrogen-bond acceptors (Lipinski definition) is 3. The maximum Gasteiger partial charge on any atom is 0.121 e. The van der Waals surface area contributed by atoms with Crippen LogP contribution in [0.4, 0.5) is 5.69 Å². The molecule has 2 aromatic carbocycles. The molecule has 0 unspecified atom stereocenters. The van der Waals surface area contributed by atoms with E-state index in [1.807, 2.05) is 19.1 Å². The predicted octanol–water partition coefficient (Wildman–Crippen LogP) is 4.65. The minimum atomic E-state index is 0.0713. The summed E-state index contributed by atoms with van der Waals surface area (Å²) in [5.41, 5.74) is 4.56. The minimum Gasteiger partial charge on any atom is -0.497 e. The minimum absolute atomic E-state index is 0.0713. The number of nitrogens with zero attached hydrogens (tertiary/aromatic N) is 1. The molecule has 1 aliphatic carbocycles. The second-order valence-electron chi connectivity index (χ2n) is 6.27. The fourth-order valence-corrected chi connectivity index (χ4v) is 3.20. The lowest BCUT2D eigenvalue weighted by Crippen LogP contribution is -2.19. The number of aryl methyl sites for hydroxylation is 1. The third-order valence-electron chi connectivity index (χ3n) is 4.60. The van der Waals surface area contributed by atoms with Crippen molar-refractivity contribution in [2.45, 2.75) is 25.3 Å². The Balaban J connectivity index is 1.77. The van der Waals surface area contributed by atoms with E-state index in [0.29, 0.717) is 0 Å². The van der Waals surface area contributed by atoms with Crippen LogP contribution in [0.25, 0.3) is 10.9 Å². The van der Waals surface area contributed by atoms with Crippen LogP contribution in [0.15, 0.2) is 54.6 Å². The van der Waals surface area contributed by atoms with Crippen LogP contribution in [0.3, 0.4) is 0 Å². The molecule has 1 aromatic heterocycles. The van der Waals surface area contributed by atoms with E-state index in [9.17, 15) is 0 Å². The molecule has 3 heteroatoms. The number of fused-ring (bicyclic) bond motifs is 1. The lowest BCUT2D eigenvalue weighted by Gasteiger charge is -2.21. The molecular formula is C20H20N2O. The highest BCUT2D eigenvalue weighted by atomic mass is 16.5. The van der Waals surface area contributed by atoms with Gasteiger partial charge in [0, 0.05) is 22.8 Å². The number of rotatable bonds is 4. The Hall–Kier alpha value is -2.55. The summed E-state index contributed by atoms with van der Waals surface area (Å²) in [6.45, 7) is 2.03. The molecule has 4 rings (SSSR count). The van der Waals surface area contributed by atoms with Crippen molar-refractivity contribution in [2.75, 3.05) is 12.4 Å². The van der Waals surface area contributed by atoms with Gasteiger partial charge in [-0.05, 0) is 43.5 Å². The second kappa shape index (κ2) is 5.27. The Bertz CT molecular complexity index is 854. The normalized spacial score (nSPS) is 15.4. The van der Waals surface area contributed by atoms with Crippen molar-refractivity contribution < 1.29 is 4.74 Å². The van der Waals surface area contributed by atoms with Crippen LogP contribution >= 0.6 is 0 Å². The first-order valence-corrected chi connectivity index (χ1v) is 7.99. The first-order chi connectivity index (χ1) is 11.2. The van der Waals surface area contributed by atoms with Crippen molar-refractivity contribution in [3.8, 4) is 5.75 Å². The first-order valence-electron chi connectivity index (χ1n) is 7.99. The van der Waals surface area contributed by atoms with E-state index in [1.165, 1.54) is 5.56 Å². The maximum atomic E-state index is 5.32. The Morgan fingerprint density at radius 1 is 1.04 bits per heavy atom. The van der Waals surface area contributed by atoms with Gasteiger partial charge in [0.2, 0.25) is 0 Å². The Labute approximate surface area is 136 Å². The molecule has 1 fully saturated rings. The van der Waals surface area contributed by atoms with Gasteiger partial charge in [-0.15, -0.1) is 0 Å². The van der Waals surface area contributed by atoms with Crippen molar-refractivity contribution in [1.29, 1.82) is 0 Å². The summed E-state index contributed by atoms with van der Waals surface area (Å²) in [7, 11) is 1.69. The zero-order valence-electron chi connectivity index (χ0n) is 13.5. The molecule has 3 nitrogen and oxygen atoms in total. The molecule has 1 N–H and O–H groups in total. The van der Waals surface area contributed by atoms with E-state index in [2.05, 4.69) is 52.8 Å². The van der Waals surface area contributed by atoms with Gasteiger partial charge >= 0.3 is 0 Å². The summed E-state index contributed by atoms with van der Waals surface area (Å²) in [6.07, 6.45) is 2.33. The molecule has 0 atom stereocenters. The molecule has 1 aliphatic rings. The van der Waals surface area contributed by atoms with Crippen molar-refractivity contribution >= 4 is 16.6 Å². The van der Waals surface area contributed by atoms with Gasteiger partial charge in [0.1, 0.15) is 5.75 Å². The molecule has 0 saturated heterocycles. The van der Waals surface area contributed by atoms with E-state index in [1.54, 1.807) is 7.11 Å². The van der Waals surface area contributed by atoms with Crippen LogP contribution in [-0.4, -0.2) is 12.1 Å². The van der Waals surface area contributed by atoms with Crippen molar-refractivity contribution in [3.63, 3.8) is 0 Å². The monoisotopic (exact) mass is 304 g/mol. The third kappa shape index (κ3) is 2.52. The number of aromatic nitrogens is 1. The quantitative estimate of drug-likeness (QED) is 0.761. The Morgan fingerprint density at radius 3 is 2.52 bits per heavy atom. The van der Waals surface area contributed by atoms with Crippen LogP contribution < -0.4 is 10.1 Å². The van der Waals surface area contributed by atoms with Crippen LogP contribution in [0.5, 0.6) is 5.75 Å². The van der Waals surface area contributed by atoms with Gasteiger partial charge in [0.15, 0.2) is 0 Å². The van der Waals surface area contributed by atoms with E-state index in [-0.39, 0.29) is 5.54 Å². The molecule has 0 bridgehead atoms. The highest BCUT2D eigenvalue weighted by Crippen LogP contribution is 2.49. The summed E-state index contributed by atoms with van der Waals surface area (Å²) >= 11 is 0. The van der Waals surface area contributed by atoms with Crippen LogP contribution in [0, 0.1) is 6.92 Å². The number of nitrogens with one attached hydrogen (secondary N) is 1. The summed E-state index contributed by atoms with van der Waals surface area (Å²) in [6, 6.07) is 18.9. The predicted molar refractivity (Wildman–Crippen MR) is 94.0 cm³/mol. The molecule has 0 aliphatic heterocycles. The van der Waals surface area contributed by atoms with E-state index in [4.69, 9.17) is 4.74 Å². The molecule has 0 radical (unpaired) electrons. The average Bonchev–Trinajstić information content (AvgIpc) is 3.35. The zero-order chi connectivity index (χ0) is 15.9. The molecule has 1 saturated carbocycles. The zero-order valence-corrected chi connectivity index (χ0v) is 13.5. The number of pyridine rings is 1. The molecule has 116 valence electrons. The number of anilines is 1. The fourth-order valence-electron chi connectivity index (χ4n) is 3.20. The number of hydrogen-bond donors (Lipinski definition) is 1. The van der Waals surface area contributed by atoms with Crippen LogP contribution in [0.1, 0.15) is 24.1 Å². The van der Waals surface area contributed by atoms with Crippen LogP contribution in [0.2, 0.25) is 0 Å². The SMILES string of the molecule is COc1ccc2c(NC3(c4ccccc4)CC3)cc(C)nc2c1. The molecule has 23 heavy (non-hydrogen) atoms. The third-order valence-corrected chi connectivity index (χ3v) is 4.60. The van der Waals surface area contributed by atoms with Crippen molar-refractivity contribution in [3.05, 3.63) is 65.9 Å². The topological polar surface area (TPSA) is 34.1 Å². The van der Waals surface area contributed by atoms with Gasteiger partial charge in [-0.25, -0.2) is 0 Å². The van der Waals surface area contributed by atoms with Gasteiger partial charge in [-0.2, -0.15) is 0 Å². The number of benzene rings is 2. The van der Waals surface area contributed by atoms with E-state index >= 15 is 0 Å². The van der Waals surface area contributed by atoms with Gasteiger partial charge < -0.3 is 10.1 Å². The van der Waals surface area contributed by atoms with Gasteiger partial charge in [-0.3, -0.25) is 4.98 Å². The average molecular weight is 304 g/mol.